The first-order chi connectivity index (χ1) is 8.08. The molecule has 0 bridgehead atoms. The summed E-state index contributed by atoms with van der Waals surface area (Å²) >= 11 is 18.0. The highest BCUT2D eigenvalue weighted by Crippen LogP contribution is 2.35. The van der Waals surface area contributed by atoms with Crippen molar-refractivity contribution in [2.24, 2.45) is 0 Å². The van der Waals surface area contributed by atoms with Crippen molar-refractivity contribution in [3.8, 4) is 0 Å². The van der Waals surface area contributed by atoms with Crippen LogP contribution in [-0.2, 0) is 0 Å². The van der Waals surface area contributed by atoms with Gasteiger partial charge in [0.05, 0.1) is 27.9 Å². The number of rotatable bonds is 2. The Morgan fingerprint density at radius 2 is 1.65 bits per heavy atom. The highest BCUT2D eigenvalue weighted by atomic mass is 35.5. The van der Waals surface area contributed by atoms with E-state index in [9.17, 15) is 5.11 Å². The largest absolute Gasteiger partial charge is 0.391 e. The highest BCUT2D eigenvalue weighted by molar-refractivity contribution is 6.41. The Balaban J connectivity index is 2.17. The van der Waals surface area contributed by atoms with Gasteiger partial charge in [-0.2, -0.15) is 0 Å². The molecular weight excluding hydrogens is 280 g/mol. The summed E-state index contributed by atoms with van der Waals surface area (Å²) in [6, 6.07) is 3.30. The summed E-state index contributed by atoms with van der Waals surface area (Å²) in [6.07, 6.45) is 3.59. The zero-order chi connectivity index (χ0) is 12.4. The monoisotopic (exact) mass is 293 g/mol. The van der Waals surface area contributed by atoms with Crippen LogP contribution in [0, 0.1) is 0 Å². The van der Waals surface area contributed by atoms with E-state index in [0.717, 1.165) is 25.7 Å². The normalized spacial score (nSPS) is 24.7. The SMILES string of the molecule is O[C@H]1CCCC[C@@H]1Nc1c(Cl)cc(Cl)cc1Cl. The summed E-state index contributed by atoms with van der Waals surface area (Å²) in [5.41, 5.74) is 0.656. The van der Waals surface area contributed by atoms with Crippen molar-refractivity contribution in [1.82, 2.24) is 0 Å². The van der Waals surface area contributed by atoms with Crippen molar-refractivity contribution in [3.63, 3.8) is 0 Å². The van der Waals surface area contributed by atoms with Gasteiger partial charge in [0.1, 0.15) is 0 Å². The lowest BCUT2D eigenvalue weighted by Crippen LogP contribution is -2.36. The van der Waals surface area contributed by atoms with E-state index in [1.807, 2.05) is 0 Å². The molecule has 94 valence electrons. The van der Waals surface area contributed by atoms with Gasteiger partial charge in [-0.05, 0) is 25.0 Å². The van der Waals surface area contributed by atoms with E-state index < -0.39 is 0 Å². The van der Waals surface area contributed by atoms with Crippen molar-refractivity contribution >= 4 is 40.5 Å². The lowest BCUT2D eigenvalue weighted by Gasteiger charge is -2.29. The Hall–Kier alpha value is -0.150. The van der Waals surface area contributed by atoms with Gasteiger partial charge in [0, 0.05) is 5.02 Å². The zero-order valence-electron chi connectivity index (χ0n) is 9.22. The van der Waals surface area contributed by atoms with Gasteiger partial charge in [-0.15, -0.1) is 0 Å². The molecule has 1 aliphatic rings. The maximum absolute atomic E-state index is 9.89. The van der Waals surface area contributed by atoms with Gasteiger partial charge in [-0.1, -0.05) is 47.6 Å². The molecule has 1 fully saturated rings. The molecule has 1 aliphatic carbocycles. The molecule has 0 aliphatic heterocycles. The number of nitrogens with one attached hydrogen (secondary N) is 1. The molecule has 0 aromatic heterocycles. The minimum absolute atomic E-state index is 0.0138. The molecule has 17 heavy (non-hydrogen) atoms. The number of aliphatic hydroxyl groups excluding tert-OH is 1. The molecule has 0 amide bonds. The van der Waals surface area contributed by atoms with Crippen LogP contribution < -0.4 is 5.32 Å². The maximum Gasteiger partial charge on any atom is 0.0741 e. The molecule has 1 saturated carbocycles. The van der Waals surface area contributed by atoms with Crippen LogP contribution >= 0.6 is 34.8 Å². The fraction of sp³-hybridized carbons (Fsp3) is 0.500. The summed E-state index contributed by atoms with van der Waals surface area (Å²) in [7, 11) is 0. The molecular formula is C12H14Cl3NO. The fourth-order valence-electron chi connectivity index (χ4n) is 2.15. The van der Waals surface area contributed by atoms with Crippen LogP contribution in [0.4, 0.5) is 5.69 Å². The van der Waals surface area contributed by atoms with Crippen molar-refractivity contribution < 1.29 is 5.11 Å². The summed E-state index contributed by atoms with van der Waals surface area (Å²) in [6.45, 7) is 0. The second-order valence-corrected chi connectivity index (χ2v) is 5.60. The van der Waals surface area contributed by atoms with Gasteiger partial charge < -0.3 is 10.4 Å². The van der Waals surface area contributed by atoms with E-state index in [-0.39, 0.29) is 12.1 Å². The van der Waals surface area contributed by atoms with Crippen LogP contribution in [0.3, 0.4) is 0 Å². The third kappa shape index (κ3) is 3.19. The minimum atomic E-state index is -0.341. The molecule has 0 saturated heterocycles. The molecule has 2 N–H and O–H groups in total. The molecule has 5 heteroatoms. The lowest BCUT2D eigenvalue weighted by atomic mass is 9.92. The lowest BCUT2D eigenvalue weighted by molar-refractivity contribution is 0.116. The Morgan fingerprint density at radius 3 is 2.24 bits per heavy atom. The van der Waals surface area contributed by atoms with Gasteiger partial charge in [0.2, 0.25) is 0 Å². The van der Waals surface area contributed by atoms with Gasteiger partial charge in [-0.3, -0.25) is 0 Å². The first-order valence-electron chi connectivity index (χ1n) is 5.67. The van der Waals surface area contributed by atoms with Gasteiger partial charge >= 0.3 is 0 Å². The molecule has 0 spiro atoms. The third-order valence-electron chi connectivity index (χ3n) is 3.07. The predicted molar refractivity (Wildman–Crippen MR) is 73.4 cm³/mol. The van der Waals surface area contributed by atoms with Gasteiger partial charge in [0.25, 0.3) is 0 Å². The topological polar surface area (TPSA) is 32.3 Å². The van der Waals surface area contributed by atoms with Crippen LogP contribution in [0.25, 0.3) is 0 Å². The van der Waals surface area contributed by atoms with E-state index >= 15 is 0 Å². The predicted octanol–water partition coefficient (Wildman–Crippen LogP) is 4.36. The summed E-state index contributed by atoms with van der Waals surface area (Å²) in [5, 5.41) is 14.6. The fourth-order valence-corrected chi connectivity index (χ4v) is 3.07. The quantitative estimate of drug-likeness (QED) is 0.849. The smallest absolute Gasteiger partial charge is 0.0741 e. The summed E-state index contributed by atoms with van der Waals surface area (Å²) < 4.78 is 0. The molecule has 2 rings (SSSR count). The van der Waals surface area contributed by atoms with Crippen molar-refractivity contribution in [2.45, 2.75) is 37.8 Å². The number of hydrogen-bond acceptors (Lipinski definition) is 2. The maximum atomic E-state index is 9.89. The molecule has 2 atom stereocenters. The molecule has 2 nitrogen and oxygen atoms in total. The van der Waals surface area contributed by atoms with Crippen LogP contribution in [0.5, 0.6) is 0 Å². The van der Waals surface area contributed by atoms with Crippen molar-refractivity contribution in [2.75, 3.05) is 5.32 Å². The standard InChI is InChI=1S/C12H14Cl3NO/c13-7-5-8(14)12(9(15)6-7)16-10-3-1-2-4-11(10)17/h5-6,10-11,16-17H,1-4H2/t10-,11-/m0/s1. The average molecular weight is 295 g/mol. The van der Waals surface area contributed by atoms with Crippen molar-refractivity contribution in [3.05, 3.63) is 27.2 Å². The van der Waals surface area contributed by atoms with Crippen LogP contribution in [-0.4, -0.2) is 17.3 Å². The Morgan fingerprint density at radius 1 is 1.06 bits per heavy atom. The highest BCUT2D eigenvalue weighted by Gasteiger charge is 2.24. The van der Waals surface area contributed by atoms with E-state index in [1.165, 1.54) is 0 Å². The van der Waals surface area contributed by atoms with Crippen LogP contribution in [0.15, 0.2) is 12.1 Å². The second-order valence-electron chi connectivity index (χ2n) is 4.35. The molecule has 0 heterocycles. The molecule has 0 unspecified atom stereocenters. The number of benzene rings is 1. The summed E-state index contributed by atoms with van der Waals surface area (Å²) in [5.74, 6) is 0. The Bertz CT molecular complexity index is 388. The first kappa shape index (κ1) is 13.3. The van der Waals surface area contributed by atoms with E-state index in [2.05, 4.69) is 5.32 Å². The molecule has 1 aromatic carbocycles. The number of anilines is 1. The average Bonchev–Trinajstić information content (AvgIpc) is 2.25. The molecule has 0 radical (unpaired) electrons. The van der Waals surface area contributed by atoms with Gasteiger partial charge in [0.15, 0.2) is 0 Å². The number of hydrogen-bond donors (Lipinski definition) is 2. The van der Waals surface area contributed by atoms with E-state index in [1.54, 1.807) is 12.1 Å². The zero-order valence-corrected chi connectivity index (χ0v) is 11.5. The minimum Gasteiger partial charge on any atom is -0.391 e. The number of aliphatic hydroxyl groups is 1. The van der Waals surface area contributed by atoms with Crippen molar-refractivity contribution in [1.29, 1.82) is 0 Å². The van der Waals surface area contributed by atoms with E-state index in [0.29, 0.717) is 20.8 Å². The Kier molecular flexibility index (Phi) is 4.42. The van der Waals surface area contributed by atoms with Gasteiger partial charge in [-0.25, -0.2) is 0 Å². The Labute approximate surface area is 116 Å². The van der Waals surface area contributed by atoms with Crippen LogP contribution in [0.2, 0.25) is 15.1 Å². The van der Waals surface area contributed by atoms with Crippen LogP contribution in [0.1, 0.15) is 25.7 Å². The molecule has 1 aromatic rings. The third-order valence-corrected chi connectivity index (χ3v) is 3.88. The van der Waals surface area contributed by atoms with E-state index in [4.69, 9.17) is 34.8 Å². The summed E-state index contributed by atoms with van der Waals surface area (Å²) in [4.78, 5) is 0. The number of halogens is 3. The first-order valence-corrected chi connectivity index (χ1v) is 6.80. The second kappa shape index (κ2) is 5.66.